The Balaban J connectivity index is -0.000000174. The lowest BCUT2D eigenvalue weighted by Crippen LogP contribution is -1.71. The van der Waals surface area contributed by atoms with Gasteiger partial charge in [0.2, 0.25) is 0 Å². The van der Waals surface area contributed by atoms with Gasteiger partial charge in [0.25, 0.3) is 0 Å². The van der Waals surface area contributed by atoms with Crippen LogP contribution in [0.25, 0.3) is 0 Å². The van der Waals surface area contributed by atoms with Crippen LogP contribution in [0.15, 0.2) is 37.4 Å². The third-order valence-corrected chi connectivity index (χ3v) is 1.01. The lowest BCUT2D eigenvalue weighted by atomic mass is 10.2. The quantitative estimate of drug-likeness (QED) is 0.515. The van der Waals surface area contributed by atoms with Crippen LogP contribution in [0.4, 0.5) is 4.39 Å². The molecule has 0 saturated carbocycles. The maximum atomic E-state index is 12.1. The van der Waals surface area contributed by atoms with Crippen LogP contribution in [0.5, 0.6) is 0 Å². The van der Waals surface area contributed by atoms with Crippen molar-refractivity contribution in [3.63, 3.8) is 0 Å². The molecule has 0 spiro atoms. The maximum absolute atomic E-state index is 12.1. The molecule has 0 radical (unpaired) electrons. The molecule has 14 heavy (non-hydrogen) atoms. The fourth-order valence-electron chi connectivity index (χ4n) is 0.533. The smallest absolute Gasteiger partial charge is 0.123 e. The minimum absolute atomic E-state index is 0.171. The first kappa shape index (κ1) is 18.6. The second-order valence-corrected chi connectivity index (χ2v) is 1.80. The molecule has 0 aliphatic rings. The molecule has 82 valence electrons. The van der Waals surface area contributed by atoms with E-state index in [0.717, 1.165) is 5.56 Å². The molecule has 1 rings (SSSR count). The normalized spacial score (nSPS) is 6.43. The Hall–Kier alpha value is -1.11. The molecule has 0 heterocycles. The van der Waals surface area contributed by atoms with Crippen LogP contribution in [0, 0.1) is 12.7 Å². The van der Waals surface area contributed by atoms with Crippen molar-refractivity contribution >= 4 is 0 Å². The lowest BCUT2D eigenvalue weighted by Gasteiger charge is -1.87. The largest absolute Gasteiger partial charge is 0.207 e. The Morgan fingerprint density at radius 1 is 0.857 bits per heavy atom. The Labute approximate surface area is 88.5 Å². The average Bonchev–Trinajstić information content (AvgIpc) is 2.31. The highest BCUT2D eigenvalue weighted by atomic mass is 19.1. The van der Waals surface area contributed by atoms with Crippen LogP contribution in [0.1, 0.15) is 33.3 Å². The van der Waals surface area contributed by atoms with Gasteiger partial charge in [-0.15, -0.1) is 13.2 Å². The monoisotopic (exact) mass is 198 g/mol. The van der Waals surface area contributed by atoms with E-state index in [-0.39, 0.29) is 5.82 Å². The van der Waals surface area contributed by atoms with E-state index in [0.29, 0.717) is 0 Å². The van der Waals surface area contributed by atoms with Gasteiger partial charge in [-0.05, 0) is 19.1 Å². The second-order valence-electron chi connectivity index (χ2n) is 1.80. The molecule has 0 aliphatic carbocycles. The fourth-order valence-corrected chi connectivity index (χ4v) is 0.533. The first-order valence-electron chi connectivity index (χ1n) is 5.01. The highest BCUT2D eigenvalue weighted by Gasteiger charge is 1.83. The lowest BCUT2D eigenvalue weighted by molar-refractivity contribution is 0.627. The van der Waals surface area contributed by atoms with Gasteiger partial charge in [0.1, 0.15) is 5.82 Å². The van der Waals surface area contributed by atoms with E-state index in [2.05, 4.69) is 13.2 Å². The van der Waals surface area contributed by atoms with Gasteiger partial charge < -0.3 is 0 Å². The zero-order chi connectivity index (χ0) is 12.0. The summed E-state index contributed by atoms with van der Waals surface area (Å²) < 4.78 is 12.1. The van der Waals surface area contributed by atoms with Gasteiger partial charge in [-0.1, -0.05) is 45.4 Å². The molecule has 1 aromatic carbocycles. The average molecular weight is 198 g/mol. The molecule has 0 aliphatic heterocycles. The van der Waals surface area contributed by atoms with Crippen molar-refractivity contribution in [2.24, 2.45) is 0 Å². The predicted molar refractivity (Wildman–Crippen MR) is 65.1 cm³/mol. The van der Waals surface area contributed by atoms with Crippen molar-refractivity contribution in [2.45, 2.75) is 34.6 Å². The van der Waals surface area contributed by atoms with Gasteiger partial charge in [-0.2, -0.15) is 0 Å². The van der Waals surface area contributed by atoms with E-state index in [1.165, 1.54) is 12.1 Å². The van der Waals surface area contributed by atoms with Crippen LogP contribution in [-0.2, 0) is 0 Å². The zero-order valence-corrected chi connectivity index (χ0v) is 10.1. The van der Waals surface area contributed by atoms with Crippen molar-refractivity contribution < 1.29 is 4.39 Å². The summed E-state index contributed by atoms with van der Waals surface area (Å²) in [6.07, 6.45) is 0. The third kappa shape index (κ3) is 13.5. The van der Waals surface area contributed by atoms with Crippen molar-refractivity contribution in [3.05, 3.63) is 48.8 Å². The van der Waals surface area contributed by atoms with Gasteiger partial charge in [0.05, 0.1) is 0 Å². The van der Waals surface area contributed by atoms with Gasteiger partial charge in [-0.25, -0.2) is 4.39 Å². The topological polar surface area (TPSA) is 0 Å². The van der Waals surface area contributed by atoms with Crippen LogP contribution < -0.4 is 0 Å². The molecular weight excluding hydrogens is 175 g/mol. The maximum Gasteiger partial charge on any atom is 0.123 e. The number of aryl methyl sites for hydroxylation is 1. The van der Waals surface area contributed by atoms with Crippen LogP contribution >= 0.6 is 0 Å². The standard InChI is InChI=1S/C7H7F.2C2H6.C2H4/c1-6-2-4-7(8)5-3-6;3*1-2/h2-5H,1H3;2*1-2H3;1-2H2. The Bertz CT molecular complexity index is 156. The Morgan fingerprint density at radius 3 is 1.36 bits per heavy atom. The Morgan fingerprint density at radius 2 is 1.14 bits per heavy atom. The minimum atomic E-state index is -0.171. The summed E-state index contributed by atoms with van der Waals surface area (Å²) >= 11 is 0. The van der Waals surface area contributed by atoms with Crippen molar-refractivity contribution in [2.75, 3.05) is 0 Å². The summed E-state index contributed by atoms with van der Waals surface area (Å²) in [5.41, 5.74) is 1.09. The molecule has 0 nitrogen and oxygen atoms in total. The first-order chi connectivity index (χ1) is 6.79. The van der Waals surface area contributed by atoms with Crippen LogP contribution in [0.2, 0.25) is 0 Å². The SMILES string of the molecule is C=C.CC.CC.Cc1ccc(F)cc1. The third-order valence-electron chi connectivity index (χ3n) is 1.01. The fraction of sp³-hybridized carbons (Fsp3) is 0.385. The Kier molecular flexibility index (Phi) is 23.7. The van der Waals surface area contributed by atoms with E-state index in [1.807, 2.05) is 34.6 Å². The number of rotatable bonds is 0. The number of hydrogen-bond acceptors (Lipinski definition) is 0. The molecule has 0 amide bonds. The number of benzene rings is 1. The zero-order valence-electron chi connectivity index (χ0n) is 10.1. The summed E-state index contributed by atoms with van der Waals surface area (Å²) in [6.45, 7) is 15.9. The van der Waals surface area contributed by atoms with Crippen LogP contribution in [-0.4, -0.2) is 0 Å². The molecule has 0 bridgehead atoms. The summed E-state index contributed by atoms with van der Waals surface area (Å²) in [5, 5.41) is 0. The van der Waals surface area contributed by atoms with Crippen molar-refractivity contribution in [1.29, 1.82) is 0 Å². The van der Waals surface area contributed by atoms with E-state index >= 15 is 0 Å². The van der Waals surface area contributed by atoms with Gasteiger partial charge >= 0.3 is 0 Å². The second kappa shape index (κ2) is 17.8. The first-order valence-corrected chi connectivity index (χ1v) is 5.01. The summed E-state index contributed by atoms with van der Waals surface area (Å²) in [5.74, 6) is -0.171. The van der Waals surface area contributed by atoms with Gasteiger partial charge in [0.15, 0.2) is 0 Å². The molecule has 0 N–H and O–H groups in total. The molecule has 0 aromatic heterocycles. The van der Waals surface area contributed by atoms with Crippen LogP contribution in [0.3, 0.4) is 0 Å². The molecule has 1 aromatic rings. The van der Waals surface area contributed by atoms with Crippen molar-refractivity contribution in [1.82, 2.24) is 0 Å². The minimum Gasteiger partial charge on any atom is -0.207 e. The summed E-state index contributed by atoms with van der Waals surface area (Å²) in [6, 6.07) is 6.40. The van der Waals surface area contributed by atoms with E-state index in [1.54, 1.807) is 12.1 Å². The highest BCUT2D eigenvalue weighted by Crippen LogP contribution is 1.98. The molecule has 0 fully saturated rings. The molecular formula is C13H23F. The van der Waals surface area contributed by atoms with Crippen molar-refractivity contribution in [3.8, 4) is 0 Å². The highest BCUT2D eigenvalue weighted by molar-refractivity contribution is 5.13. The molecule has 1 heteroatoms. The molecule has 0 saturated heterocycles. The van der Waals surface area contributed by atoms with E-state index in [9.17, 15) is 4.39 Å². The van der Waals surface area contributed by atoms with Gasteiger partial charge in [-0.3, -0.25) is 0 Å². The number of halogens is 1. The predicted octanol–water partition coefficient (Wildman–Crippen LogP) is 4.99. The molecule has 0 unspecified atom stereocenters. The van der Waals surface area contributed by atoms with Gasteiger partial charge in [0, 0.05) is 0 Å². The number of hydrogen-bond donors (Lipinski definition) is 0. The summed E-state index contributed by atoms with van der Waals surface area (Å²) in [4.78, 5) is 0. The van der Waals surface area contributed by atoms with E-state index in [4.69, 9.17) is 0 Å². The molecule has 0 atom stereocenters. The summed E-state index contributed by atoms with van der Waals surface area (Å²) in [7, 11) is 0. The van der Waals surface area contributed by atoms with E-state index < -0.39 is 0 Å².